The Morgan fingerprint density at radius 1 is 1.19 bits per heavy atom. The molecule has 0 aliphatic rings. The fraction of sp³-hybridized carbons (Fsp3) is 0.214. The highest BCUT2D eigenvalue weighted by Gasteiger charge is 2.34. The van der Waals surface area contributed by atoms with E-state index in [0.29, 0.717) is 0 Å². The zero-order chi connectivity index (χ0) is 15.6. The van der Waals surface area contributed by atoms with Crippen LogP contribution in [-0.2, 0) is 6.18 Å². The molecule has 0 amide bonds. The zero-order valence-electron chi connectivity index (χ0n) is 10.8. The molecule has 1 heterocycles. The smallest absolute Gasteiger partial charge is 0.236 e. The molecule has 0 aliphatic carbocycles. The molecular weight excluding hydrogens is 286 g/mol. The van der Waals surface area contributed by atoms with Crippen LogP contribution in [0.2, 0.25) is 0 Å². The Bertz CT molecular complexity index is 704. The molecule has 2 rings (SSSR count). The van der Waals surface area contributed by atoms with Gasteiger partial charge in [0.15, 0.2) is 5.82 Å². The summed E-state index contributed by atoms with van der Waals surface area (Å²) in [7, 11) is 0. The number of hydrogen-bond donors (Lipinski definition) is 0. The highest BCUT2D eigenvalue weighted by atomic mass is 19.4. The fourth-order valence-electron chi connectivity index (χ4n) is 1.84. The number of nitrogens with zero attached hydrogens (tertiary/aromatic N) is 3. The lowest BCUT2D eigenvalue weighted by Gasteiger charge is -2.13. The Labute approximate surface area is 117 Å². The van der Waals surface area contributed by atoms with Gasteiger partial charge in [-0.05, 0) is 19.1 Å². The SMILES string of the molecule is Cc1cc(C(F)(F)F)nc(C(C#N)c2ccccc2F)n1. The molecule has 0 spiro atoms. The first-order valence-electron chi connectivity index (χ1n) is 5.89. The fourth-order valence-corrected chi connectivity index (χ4v) is 1.84. The van der Waals surface area contributed by atoms with Crippen LogP contribution in [0.4, 0.5) is 17.6 Å². The molecule has 1 atom stereocenters. The van der Waals surface area contributed by atoms with Gasteiger partial charge in [0.05, 0.1) is 6.07 Å². The van der Waals surface area contributed by atoms with Crippen molar-refractivity contribution in [2.75, 3.05) is 0 Å². The number of hydrogen-bond acceptors (Lipinski definition) is 3. The van der Waals surface area contributed by atoms with Gasteiger partial charge >= 0.3 is 6.18 Å². The van der Waals surface area contributed by atoms with Crippen LogP contribution in [0.3, 0.4) is 0 Å². The Morgan fingerprint density at radius 3 is 2.43 bits per heavy atom. The van der Waals surface area contributed by atoms with E-state index in [1.165, 1.54) is 25.1 Å². The summed E-state index contributed by atoms with van der Waals surface area (Å²) in [6.07, 6.45) is -4.66. The molecule has 1 unspecified atom stereocenters. The molecule has 3 nitrogen and oxygen atoms in total. The van der Waals surface area contributed by atoms with E-state index >= 15 is 0 Å². The first-order valence-corrected chi connectivity index (χ1v) is 5.89. The Balaban J connectivity index is 2.57. The zero-order valence-corrected chi connectivity index (χ0v) is 10.8. The molecule has 1 aromatic heterocycles. The van der Waals surface area contributed by atoms with Crippen molar-refractivity contribution in [3.8, 4) is 6.07 Å². The van der Waals surface area contributed by atoms with Gasteiger partial charge in [-0.15, -0.1) is 0 Å². The molecule has 2 aromatic rings. The maximum Gasteiger partial charge on any atom is 0.433 e. The van der Waals surface area contributed by atoms with Crippen LogP contribution in [0.25, 0.3) is 0 Å². The van der Waals surface area contributed by atoms with Gasteiger partial charge in [-0.2, -0.15) is 18.4 Å². The van der Waals surface area contributed by atoms with E-state index in [4.69, 9.17) is 5.26 Å². The first kappa shape index (κ1) is 14.9. The van der Waals surface area contributed by atoms with Crippen molar-refractivity contribution in [3.63, 3.8) is 0 Å². The van der Waals surface area contributed by atoms with Crippen LogP contribution in [0, 0.1) is 24.1 Å². The van der Waals surface area contributed by atoms with E-state index in [-0.39, 0.29) is 17.1 Å². The number of aromatic nitrogens is 2. The van der Waals surface area contributed by atoms with E-state index in [9.17, 15) is 17.6 Å². The molecule has 21 heavy (non-hydrogen) atoms. The summed E-state index contributed by atoms with van der Waals surface area (Å²) in [5.41, 5.74) is -1.15. The second kappa shape index (κ2) is 5.48. The van der Waals surface area contributed by atoms with Gasteiger partial charge in [0, 0.05) is 11.3 Å². The van der Waals surface area contributed by atoms with Gasteiger partial charge in [0.25, 0.3) is 0 Å². The molecule has 0 saturated carbocycles. The number of alkyl halides is 3. The summed E-state index contributed by atoms with van der Waals surface area (Å²) in [6, 6.07) is 7.88. The lowest BCUT2D eigenvalue weighted by atomic mass is 9.99. The van der Waals surface area contributed by atoms with Crippen molar-refractivity contribution in [2.24, 2.45) is 0 Å². The molecule has 108 valence electrons. The summed E-state index contributed by atoms with van der Waals surface area (Å²) < 4.78 is 52.0. The minimum atomic E-state index is -4.66. The number of benzene rings is 1. The monoisotopic (exact) mass is 295 g/mol. The van der Waals surface area contributed by atoms with E-state index in [1.54, 1.807) is 6.07 Å². The lowest BCUT2D eigenvalue weighted by molar-refractivity contribution is -0.141. The van der Waals surface area contributed by atoms with Crippen molar-refractivity contribution in [2.45, 2.75) is 19.0 Å². The summed E-state index contributed by atoms with van der Waals surface area (Å²) in [4.78, 5) is 7.20. The van der Waals surface area contributed by atoms with E-state index < -0.39 is 23.6 Å². The molecule has 0 N–H and O–H groups in total. The van der Waals surface area contributed by atoms with Crippen LogP contribution >= 0.6 is 0 Å². The Morgan fingerprint density at radius 2 is 1.86 bits per heavy atom. The minimum Gasteiger partial charge on any atom is -0.236 e. The number of rotatable bonds is 2. The minimum absolute atomic E-state index is 0.0567. The highest BCUT2D eigenvalue weighted by Crippen LogP contribution is 2.30. The third kappa shape index (κ3) is 3.16. The average Bonchev–Trinajstić information content (AvgIpc) is 2.40. The second-order valence-corrected chi connectivity index (χ2v) is 4.33. The number of nitriles is 1. The van der Waals surface area contributed by atoms with Crippen molar-refractivity contribution in [3.05, 3.63) is 58.9 Å². The largest absolute Gasteiger partial charge is 0.433 e. The van der Waals surface area contributed by atoms with Gasteiger partial charge in [-0.25, -0.2) is 14.4 Å². The topological polar surface area (TPSA) is 49.6 Å². The third-order valence-corrected chi connectivity index (χ3v) is 2.77. The van der Waals surface area contributed by atoms with Crippen LogP contribution < -0.4 is 0 Å². The Kier molecular flexibility index (Phi) is 3.89. The van der Waals surface area contributed by atoms with Crippen molar-refractivity contribution < 1.29 is 17.6 Å². The van der Waals surface area contributed by atoms with Crippen molar-refractivity contribution >= 4 is 0 Å². The molecule has 0 aliphatic heterocycles. The number of aryl methyl sites for hydroxylation is 1. The van der Waals surface area contributed by atoms with Crippen LogP contribution in [0.5, 0.6) is 0 Å². The number of halogens is 4. The first-order chi connectivity index (χ1) is 9.82. The van der Waals surface area contributed by atoms with E-state index in [2.05, 4.69) is 9.97 Å². The highest BCUT2D eigenvalue weighted by molar-refractivity contribution is 5.33. The maximum absolute atomic E-state index is 13.7. The molecule has 7 heteroatoms. The van der Waals surface area contributed by atoms with Crippen LogP contribution in [0.1, 0.15) is 28.7 Å². The van der Waals surface area contributed by atoms with Crippen LogP contribution in [-0.4, -0.2) is 9.97 Å². The lowest BCUT2D eigenvalue weighted by Crippen LogP contribution is -2.14. The normalized spacial score (nSPS) is 12.8. The van der Waals surface area contributed by atoms with Crippen LogP contribution in [0.15, 0.2) is 30.3 Å². The summed E-state index contributed by atoms with van der Waals surface area (Å²) >= 11 is 0. The predicted octanol–water partition coefficient (Wildman–Crippen LogP) is 3.60. The summed E-state index contributed by atoms with van der Waals surface area (Å²) in [6.45, 7) is 1.36. The molecular formula is C14H9F4N3. The van der Waals surface area contributed by atoms with Gasteiger partial charge in [0.2, 0.25) is 0 Å². The predicted molar refractivity (Wildman–Crippen MR) is 65.6 cm³/mol. The Hall–Kier alpha value is -2.49. The average molecular weight is 295 g/mol. The molecule has 0 fully saturated rings. The summed E-state index contributed by atoms with van der Waals surface area (Å²) in [5.74, 6) is -2.36. The van der Waals surface area contributed by atoms with E-state index in [0.717, 1.165) is 12.1 Å². The molecule has 0 bridgehead atoms. The van der Waals surface area contributed by atoms with Gasteiger partial charge in [0.1, 0.15) is 17.4 Å². The third-order valence-electron chi connectivity index (χ3n) is 2.77. The van der Waals surface area contributed by atoms with Crippen molar-refractivity contribution in [1.82, 2.24) is 9.97 Å². The summed E-state index contributed by atoms with van der Waals surface area (Å²) in [5, 5.41) is 9.16. The second-order valence-electron chi connectivity index (χ2n) is 4.33. The van der Waals surface area contributed by atoms with Crippen molar-refractivity contribution in [1.29, 1.82) is 5.26 Å². The molecule has 1 aromatic carbocycles. The maximum atomic E-state index is 13.7. The molecule has 0 radical (unpaired) electrons. The van der Waals surface area contributed by atoms with Gasteiger partial charge in [-0.3, -0.25) is 0 Å². The van der Waals surface area contributed by atoms with Gasteiger partial charge in [-0.1, -0.05) is 18.2 Å². The molecule has 0 saturated heterocycles. The standard InChI is InChI=1S/C14H9F4N3/c1-8-6-12(14(16,17)18)21-13(20-8)10(7-19)9-4-2-3-5-11(9)15/h2-6,10H,1H3. The van der Waals surface area contributed by atoms with E-state index in [1.807, 2.05) is 0 Å². The van der Waals surface area contributed by atoms with Gasteiger partial charge < -0.3 is 0 Å². The quantitative estimate of drug-likeness (QED) is 0.795.